The van der Waals surface area contributed by atoms with Gasteiger partial charge in [-0.15, -0.1) is 0 Å². The fourth-order valence-electron chi connectivity index (χ4n) is 1.03. The molecule has 0 aliphatic rings. The Balaban J connectivity index is 2.29. The highest BCUT2D eigenvalue weighted by Crippen LogP contribution is 2.15. The van der Waals surface area contributed by atoms with Crippen LogP contribution in [-0.4, -0.2) is 22.9 Å². The third kappa shape index (κ3) is 5.87. The van der Waals surface area contributed by atoms with Crippen LogP contribution >= 0.6 is 0 Å². The molecule has 0 unspecified atom stereocenters. The Morgan fingerprint density at radius 1 is 1.41 bits per heavy atom. The average Bonchev–Trinajstić information content (AvgIpc) is 2.64. The highest BCUT2D eigenvalue weighted by molar-refractivity contribution is 4.85. The van der Waals surface area contributed by atoms with E-state index in [-0.39, 0.29) is 12.4 Å². The van der Waals surface area contributed by atoms with E-state index in [1.165, 1.54) is 0 Å². The molecule has 0 aliphatic carbocycles. The summed E-state index contributed by atoms with van der Waals surface area (Å²) in [4.78, 5) is 3.82. The lowest BCUT2D eigenvalue weighted by Gasteiger charge is -2.04. The van der Waals surface area contributed by atoms with Gasteiger partial charge in [0, 0.05) is 12.8 Å². The molecule has 0 saturated heterocycles. The summed E-state index contributed by atoms with van der Waals surface area (Å²) in [5.74, 6) is 0.368. The molecule has 0 amide bonds. The van der Waals surface area contributed by atoms with E-state index in [9.17, 15) is 13.2 Å². The molecule has 0 spiro atoms. The summed E-state index contributed by atoms with van der Waals surface area (Å²) in [6.45, 7) is -1.69. The third-order valence-corrected chi connectivity index (χ3v) is 1.69. The van der Waals surface area contributed by atoms with Crippen molar-refractivity contribution in [1.82, 2.24) is 10.1 Å². The monoisotopic (exact) mass is 249 g/mol. The number of unbranched alkanes of at least 4 members (excludes halogenated alkanes) is 1. The average molecular weight is 249 g/mol. The van der Waals surface area contributed by atoms with Gasteiger partial charge in [0.2, 0.25) is 5.89 Å². The largest absolute Gasteiger partial charge is 0.411 e. The van der Waals surface area contributed by atoms with Gasteiger partial charge in [0.1, 0.15) is 13.2 Å². The lowest BCUT2D eigenvalue weighted by atomic mass is 10.2. The van der Waals surface area contributed by atoms with Crippen LogP contribution in [0.4, 0.5) is 13.2 Å². The van der Waals surface area contributed by atoms with Gasteiger partial charge in [-0.1, -0.05) is 5.16 Å². The zero-order valence-electron chi connectivity index (χ0n) is 8.83. The third-order valence-electron chi connectivity index (χ3n) is 1.69. The predicted molar refractivity (Wildman–Crippen MR) is 48.6 cm³/mol. The Morgan fingerprint density at radius 3 is 2.82 bits per heavy atom. The topological polar surface area (TPSA) is 71.9 Å². The summed E-state index contributed by atoms with van der Waals surface area (Å²) in [5, 5.41) is 11.8. The fourth-order valence-corrected chi connectivity index (χ4v) is 1.03. The Morgan fingerprint density at radius 2 is 2.18 bits per heavy atom. The molecule has 0 fully saturated rings. The van der Waals surface area contributed by atoms with E-state index in [0.717, 1.165) is 0 Å². The van der Waals surface area contributed by atoms with Crippen LogP contribution in [-0.2, 0) is 17.8 Å². The highest BCUT2D eigenvalue weighted by atomic mass is 19.4. The summed E-state index contributed by atoms with van der Waals surface area (Å²) in [6, 6.07) is 1.96. The number of rotatable bonds is 6. The highest BCUT2D eigenvalue weighted by Gasteiger charge is 2.27. The minimum Gasteiger partial charge on any atom is -0.364 e. The minimum atomic E-state index is -4.36. The van der Waals surface area contributed by atoms with Crippen LogP contribution in [0.3, 0.4) is 0 Å². The van der Waals surface area contributed by atoms with Gasteiger partial charge in [-0.2, -0.15) is 23.4 Å². The fraction of sp³-hybridized carbons (Fsp3) is 0.667. The van der Waals surface area contributed by atoms with Gasteiger partial charge in [-0.3, -0.25) is 0 Å². The standard InChI is InChI=1S/C9H10F3N3O2/c10-9(11,12)6-16-5-7-14-8(17-15-7)3-1-2-4-13/h1-3,5-6H2. The lowest BCUT2D eigenvalue weighted by Crippen LogP contribution is -2.16. The molecule has 1 heterocycles. The second kappa shape index (κ2) is 6.20. The first kappa shape index (κ1) is 13.4. The molecule has 0 aliphatic heterocycles. The molecular weight excluding hydrogens is 239 g/mol. The summed E-state index contributed by atoms with van der Waals surface area (Å²) >= 11 is 0. The Bertz CT molecular complexity index is 384. The molecule has 1 aromatic heterocycles. The van der Waals surface area contributed by atoms with Crippen molar-refractivity contribution in [3.8, 4) is 6.07 Å². The number of halogens is 3. The van der Waals surface area contributed by atoms with E-state index in [1.807, 2.05) is 6.07 Å². The van der Waals surface area contributed by atoms with Crippen molar-refractivity contribution in [3.63, 3.8) is 0 Å². The number of nitrogens with zero attached hydrogens (tertiary/aromatic N) is 3. The van der Waals surface area contributed by atoms with Crippen molar-refractivity contribution in [2.24, 2.45) is 0 Å². The van der Waals surface area contributed by atoms with Gasteiger partial charge >= 0.3 is 6.18 Å². The Kier molecular flexibility index (Phi) is 4.90. The summed E-state index contributed by atoms with van der Waals surface area (Å²) in [5.41, 5.74) is 0. The van der Waals surface area contributed by atoms with E-state index in [0.29, 0.717) is 25.2 Å². The van der Waals surface area contributed by atoms with Gasteiger partial charge in [-0.25, -0.2) is 0 Å². The van der Waals surface area contributed by atoms with Crippen LogP contribution in [0.25, 0.3) is 0 Å². The summed E-state index contributed by atoms with van der Waals surface area (Å²) in [7, 11) is 0. The smallest absolute Gasteiger partial charge is 0.364 e. The first-order valence-electron chi connectivity index (χ1n) is 4.84. The normalized spacial score (nSPS) is 11.4. The number of nitriles is 1. The van der Waals surface area contributed by atoms with E-state index in [2.05, 4.69) is 14.9 Å². The number of alkyl halides is 3. The van der Waals surface area contributed by atoms with Crippen LogP contribution in [0.2, 0.25) is 0 Å². The molecule has 1 rings (SSSR count). The van der Waals surface area contributed by atoms with Crippen molar-refractivity contribution in [2.75, 3.05) is 6.61 Å². The minimum absolute atomic E-state index is 0.0706. The molecule has 5 nitrogen and oxygen atoms in total. The van der Waals surface area contributed by atoms with Gasteiger partial charge in [0.25, 0.3) is 0 Å². The predicted octanol–water partition coefficient (Wildman–Crippen LogP) is 1.99. The van der Waals surface area contributed by atoms with Gasteiger partial charge < -0.3 is 9.26 Å². The first-order valence-corrected chi connectivity index (χ1v) is 4.84. The molecule has 17 heavy (non-hydrogen) atoms. The number of hydrogen-bond acceptors (Lipinski definition) is 5. The maximum atomic E-state index is 11.7. The van der Waals surface area contributed by atoms with Crippen molar-refractivity contribution in [3.05, 3.63) is 11.7 Å². The zero-order chi connectivity index (χ0) is 12.7. The summed E-state index contributed by atoms with van der Waals surface area (Å²) in [6.07, 6.45) is -3.00. The van der Waals surface area contributed by atoms with Crippen LogP contribution < -0.4 is 0 Å². The van der Waals surface area contributed by atoms with Gasteiger partial charge in [0.15, 0.2) is 5.82 Å². The van der Waals surface area contributed by atoms with Crippen LogP contribution in [0, 0.1) is 11.3 Å². The number of aromatic nitrogens is 2. The van der Waals surface area contributed by atoms with Crippen molar-refractivity contribution in [1.29, 1.82) is 5.26 Å². The van der Waals surface area contributed by atoms with E-state index in [1.54, 1.807) is 0 Å². The molecule has 0 bridgehead atoms. The van der Waals surface area contributed by atoms with E-state index < -0.39 is 12.8 Å². The molecule has 1 aromatic rings. The first-order chi connectivity index (χ1) is 8.01. The van der Waals surface area contributed by atoms with Crippen molar-refractivity contribution < 1.29 is 22.4 Å². The maximum absolute atomic E-state index is 11.7. The van der Waals surface area contributed by atoms with Gasteiger partial charge in [-0.05, 0) is 6.42 Å². The molecule has 94 valence electrons. The van der Waals surface area contributed by atoms with Crippen molar-refractivity contribution >= 4 is 0 Å². The van der Waals surface area contributed by atoms with Gasteiger partial charge in [0.05, 0.1) is 6.07 Å². The lowest BCUT2D eigenvalue weighted by molar-refractivity contribution is -0.177. The SMILES string of the molecule is N#CCCCc1nc(COCC(F)(F)F)no1. The van der Waals surface area contributed by atoms with Crippen molar-refractivity contribution in [2.45, 2.75) is 32.0 Å². The maximum Gasteiger partial charge on any atom is 0.411 e. The molecular formula is C9H10F3N3O2. The number of hydrogen-bond donors (Lipinski definition) is 0. The van der Waals surface area contributed by atoms with Crippen LogP contribution in [0.15, 0.2) is 4.52 Å². The summed E-state index contributed by atoms with van der Waals surface area (Å²) < 4.78 is 44.4. The second-order valence-corrected chi connectivity index (χ2v) is 3.22. The van der Waals surface area contributed by atoms with E-state index >= 15 is 0 Å². The molecule has 0 N–H and O–H groups in total. The molecule has 0 aromatic carbocycles. The molecule has 8 heteroatoms. The quantitative estimate of drug-likeness (QED) is 0.721. The molecule has 0 radical (unpaired) electrons. The number of aryl methyl sites for hydroxylation is 1. The molecule has 0 saturated carbocycles. The van der Waals surface area contributed by atoms with E-state index in [4.69, 9.17) is 9.78 Å². The Hall–Kier alpha value is -1.62. The molecule has 0 atom stereocenters. The van der Waals surface area contributed by atoms with Crippen LogP contribution in [0.5, 0.6) is 0 Å². The zero-order valence-corrected chi connectivity index (χ0v) is 8.83. The van der Waals surface area contributed by atoms with Crippen LogP contribution in [0.1, 0.15) is 24.6 Å². The Labute approximate surface area is 95.2 Å². The number of ether oxygens (including phenoxy) is 1. The second-order valence-electron chi connectivity index (χ2n) is 3.22.